The van der Waals surface area contributed by atoms with Gasteiger partial charge in [0, 0.05) is 25.6 Å². The number of aryl methyl sites for hydroxylation is 1. The Hall–Kier alpha value is -3.13. The van der Waals surface area contributed by atoms with E-state index in [0.29, 0.717) is 11.3 Å². The molecule has 0 aliphatic rings. The number of rotatable bonds is 5. The summed E-state index contributed by atoms with van der Waals surface area (Å²) >= 11 is 0. The number of hydrogen-bond acceptors (Lipinski definition) is 3. The van der Waals surface area contributed by atoms with E-state index in [1.807, 2.05) is 31.2 Å². The van der Waals surface area contributed by atoms with E-state index < -0.39 is 0 Å². The number of amides is 2. The predicted molar refractivity (Wildman–Crippen MR) is 93.6 cm³/mol. The Bertz CT molecular complexity index is 776. The minimum Gasteiger partial charge on any atom is -0.326 e. The van der Waals surface area contributed by atoms with Gasteiger partial charge in [-0.15, -0.1) is 0 Å². The fraction of sp³-hybridized carbons (Fsp3) is 0.211. The first-order valence-corrected chi connectivity index (χ1v) is 7.65. The highest BCUT2D eigenvalue weighted by Crippen LogP contribution is 2.20. The van der Waals surface area contributed by atoms with Gasteiger partial charge < -0.3 is 10.2 Å². The molecule has 0 atom stereocenters. The van der Waals surface area contributed by atoms with Crippen molar-refractivity contribution in [1.82, 2.24) is 0 Å². The van der Waals surface area contributed by atoms with Crippen LogP contribution in [0.5, 0.6) is 0 Å². The van der Waals surface area contributed by atoms with E-state index in [0.717, 1.165) is 11.3 Å². The second kappa shape index (κ2) is 7.93. The third-order valence-electron chi connectivity index (χ3n) is 3.59. The van der Waals surface area contributed by atoms with Gasteiger partial charge in [-0.1, -0.05) is 29.8 Å². The van der Waals surface area contributed by atoms with Crippen LogP contribution in [0.15, 0.2) is 48.5 Å². The number of hydrogen-bond donors (Lipinski definition) is 1. The SMILES string of the molecule is CC(=O)N(CCC(=O)Nc1ccc(C)cc1)c1ccccc1C#N. The van der Waals surface area contributed by atoms with Gasteiger partial charge in [-0.05, 0) is 31.2 Å². The van der Waals surface area contributed by atoms with Crippen molar-refractivity contribution in [1.29, 1.82) is 5.26 Å². The van der Waals surface area contributed by atoms with Gasteiger partial charge in [0.1, 0.15) is 6.07 Å². The van der Waals surface area contributed by atoms with Gasteiger partial charge in [0.15, 0.2) is 0 Å². The minimum absolute atomic E-state index is 0.146. The third-order valence-corrected chi connectivity index (χ3v) is 3.59. The average molecular weight is 321 g/mol. The Morgan fingerprint density at radius 3 is 2.42 bits per heavy atom. The average Bonchev–Trinajstić information content (AvgIpc) is 2.57. The summed E-state index contributed by atoms with van der Waals surface area (Å²) in [5, 5.41) is 12.0. The first-order chi connectivity index (χ1) is 11.5. The quantitative estimate of drug-likeness (QED) is 0.918. The molecule has 5 nitrogen and oxygen atoms in total. The van der Waals surface area contributed by atoms with Crippen molar-refractivity contribution < 1.29 is 9.59 Å². The number of benzene rings is 2. The molecule has 0 fully saturated rings. The van der Waals surface area contributed by atoms with Crippen LogP contribution in [0.3, 0.4) is 0 Å². The minimum atomic E-state index is -0.208. The second-order valence-electron chi connectivity index (χ2n) is 5.46. The Kier molecular flexibility index (Phi) is 5.69. The molecule has 2 aromatic rings. The highest BCUT2D eigenvalue weighted by Gasteiger charge is 2.16. The molecule has 0 radical (unpaired) electrons. The summed E-state index contributed by atoms with van der Waals surface area (Å²) in [4.78, 5) is 25.5. The van der Waals surface area contributed by atoms with E-state index in [2.05, 4.69) is 11.4 Å². The van der Waals surface area contributed by atoms with Crippen molar-refractivity contribution in [3.63, 3.8) is 0 Å². The lowest BCUT2D eigenvalue weighted by atomic mass is 10.1. The first kappa shape index (κ1) is 17.2. The lowest BCUT2D eigenvalue weighted by Gasteiger charge is -2.22. The fourth-order valence-electron chi connectivity index (χ4n) is 2.32. The van der Waals surface area contributed by atoms with E-state index in [1.165, 1.54) is 11.8 Å². The van der Waals surface area contributed by atoms with E-state index in [9.17, 15) is 14.9 Å². The van der Waals surface area contributed by atoms with Gasteiger partial charge in [0.2, 0.25) is 11.8 Å². The van der Waals surface area contributed by atoms with Gasteiger partial charge in [0.25, 0.3) is 0 Å². The fourth-order valence-corrected chi connectivity index (χ4v) is 2.32. The first-order valence-electron chi connectivity index (χ1n) is 7.65. The smallest absolute Gasteiger partial charge is 0.226 e. The van der Waals surface area contributed by atoms with E-state index >= 15 is 0 Å². The Labute approximate surface area is 141 Å². The number of nitrogens with one attached hydrogen (secondary N) is 1. The molecular weight excluding hydrogens is 302 g/mol. The number of carbonyl (C=O) groups is 2. The molecule has 0 bridgehead atoms. The number of nitriles is 1. The summed E-state index contributed by atoms with van der Waals surface area (Å²) in [6, 6.07) is 16.4. The number of anilines is 2. The van der Waals surface area contributed by atoms with Crippen LogP contribution in [0.25, 0.3) is 0 Å². The molecule has 0 aliphatic carbocycles. The van der Waals surface area contributed by atoms with Crippen molar-refractivity contribution >= 4 is 23.2 Å². The molecular formula is C19H19N3O2. The molecule has 0 aliphatic heterocycles. The summed E-state index contributed by atoms with van der Waals surface area (Å²) in [5.74, 6) is -0.389. The zero-order valence-electron chi connectivity index (χ0n) is 13.7. The Morgan fingerprint density at radius 1 is 1.12 bits per heavy atom. The van der Waals surface area contributed by atoms with Crippen LogP contribution in [-0.4, -0.2) is 18.4 Å². The van der Waals surface area contributed by atoms with Crippen LogP contribution in [0, 0.1) is 18.3 Å². The van der Waals surface area contributed by atoms with Crippen molar-refractivity contribution in [2.24, 2.45) is 0 Å². The summed E-state index contributed by atoms with van der Waals surface area (Å²) in [5.41, 5.74) is 2.77. The van der Waals surface area contributed by atoms with Gasteiger partial charge in [-0.2, -0.15) is 5.26 Å². The van der Waals surface area contributed by atoms with Crippen LogP contribution in [0.1, 0.15) is 24.5 Å². The molecule has 122 valence electrons. The third kappa shape index (κ3) is 4.43. The summed E-state index contributed by atoms with van der Waals surface area (Å²) < 4.78 is 0. The largest absolute Gasteiger partial charge is 0.326 e. The number of carbonyl (C=O) groups excluding carboxylic acids is 2. The van der Waals surface area contributed by atoms with Crippen LogP contribution in [-0.2, 0) is 9.59 Å². The predicted octanol–water partition coefficient (Wildman–Crippen LogP) is 3.25. The molecule has 24 heavy (non-hydrogen) atoms. The zero-order valence-corrected chi connectivity index (χ0v) is 13.7. The van der Waals surface area contributed by atoms with E-state index in [4.69, 9.17) is 0 Å². The number of para-hydroxylation sites is 1. The molecule has 0 spiro atoms. The lowest BCUT2D eigenvalue weighted by Crippen LogP contribution is -2.32. The highest BCUT2D eigenvalue weighted by molar-refractivity contribution is 5.95. The summed E-state index contributed by atoms with van der Waals surface area (Å²) in [6.45, 7) is 3.61. The molecule has 2 amide bonds. The van der Waals surface area contributed by atoms with Crippen molar-refractivity contribution in [3.05, 3.63) is 59.7 Å². The molecule has 2 rings (SSSR count). The maximum Gasteiger partial charge on any atom is 0.226 e. The van der Waals surface area contributed by atoms with Gasteiger partial charge in [-0.3, -0.25) is 9.59 Å². The van der Waals surface area contributed by atoms with Crippen LogP contribution >= 0.6 is 0 Å². The standard InChI is InChI=1S/C19H19N3O2/c1-14-7-9-17(10-8-14)21-19(24)11-12-22(15(2)23)18-6-4-3-5-16(18)13-20/h3-10H,11-12H2,1-2H3,(H,21,24). The normalized spacial score (nSPS) is 9.88. The second-order valence-corrected chi connectivity index (χ2v) is 5.46. The van der Waals surface area contributed by atoms with Gasteiger partial charge in [0.05, 0.1) is 11.3 Å². The van der Waals surface area contributed by atoms with Crippen molar-refractivity contribution in [2.75, 3.05) is 16.8 Å². The molecule has 0 saturated carbocycles. The molecule has 1 N–H and O–H groups in total. The molecule has 0 aromatic heterocycles. The van der Waals surface area contributed by atoms with E-state index in [-0.39, 0.29) is 24.8 Å². The number of nitrogens with zero attached hydrogens (tertiary/aromatic N) is 2. The zero-order chi connectivity index (χ0) is 17.5. The maximum absolute atomic E-state index is 12.1. The molecule has 0 unspecified atom stereocenters. The van der Waals surface area contributed by atoms with Gasteiger partial charge >= 0.3 is 0 Å². The molecule has 5 heteroatoms. The molecule has 0 saturated heterocycles. The highest BCUT2D eigenvalue weighted by atomic mass is 16.2. The van der Waals surface area contributed by atoms with Gasteiger partial charge in [-0.25, -0.2) is 0 Å². The monoisotopic (exact) mass is 321 g/mol. The van der Waals surface area contributed by atoms with Crippen LogP contribution in [0.2, 0.25) is 0 Å². The summed E-state index contributed by atoms with van der Waals surface area (Å²) in [7, 11) is 0. The summed E-state index contributed by atoms with van der Waals surface area (Å²) in [6.07, 6.45) is 0.146. The Balaban J connectivity index is 2.04. The maximum atomic E-state index is 12.1. The Morgan fingerprint density at radius 2 is 1.79 bits per heavy atom. The molecule has 0 heterocycles. The van der Waals surface area contributed by atoms with Crippen LogP contribution < -0.4 is 10.2 Å². The molecule has 2 aromatic carbocycles. The van der Waals surface area contributed by atoms with Crippen molar-refractivity contribution in [3.8, 4) is 6.07 Å². The van der Waals surface area contributed by atoms with Crippen LogP contribution in [0.4, 0.5) is 11.4 Å². The van der Waals surface area contributed by atoms with Crippen molar-refractivity contribution in [2.45, 2.75) is 20.3 Å². The van der Waals surface area contributed by atoms with E-state index in [1.54, 1.807) is 24.3 Å². The lowest BCUT2D eigenvalue weighted by molar-refractivity contribution is -0.117. The topological polar surface area (TPSA) is 73.2 Å².